The fourth-order valence-corrected chi connectivity index (χ4v) is 3.52. The second-order valence-electron chi connectivity index (χ2n) is 6.51. The zero-order chi connectivity index (χ0) is 17.9. The van der Waals surface area contributed by atoms with Crippen LogP contribution >= 0.6 is 0 Å². The Kier molecular flexibility index (Phi) is 4.36. The Morgan fingerprint density at radius 2 is 1.42 bits per heavy atom. The minimum absolute atomic E-state index is 0.000291. The van der Waals surface area contributed by atoms with Crippen molar-refractivity contribution in [3.63, 3.8) is 0 Å². The molecule has 0 aromatic heterocycles. The minimum atomic E-state index is -0.414. The highest BCUT2D eigenvalue weighted by Crippen LogP contribution is 2.40. The van der Waals surface area contributed by atoms with Gasteiger partial charge in [0.25, 0.3) is 0 Å². The first kappa shape index (κ1) is 16.3. The van der Waals surface area contributed by atoms with Crippen LogP contribution in [0.25, 0.3) is 0 Å². The molecule has 0 radical (unpaired) electrons. The van der Waals surface area contributed by atoms with Crippen molar-refractivity contribution in [2.45, 2.75) is 18.9 Å². The van der Waals surface area contributed by atoms with Crippen molar-refractivity contribution in [1.29, 1.82) is 0 Å². The fourth-order valence-electron chi connectivity index (χ4n) is 3.52. The highest BCUT2D eigenvalue weighted by atomic mass is 16.2. The summed E-state index contributed by atoms with van der Waals surface area (Å²) in [7, 11) is 0. The summed E-state index contributed by atoms with van der Waals surface area (Å²) in [6.45, 7) is 0.521. The summed E-state index contributed by atoms with van der Waals surface area (Å²) in [6, 6.07) is 26.9. The number of fused-ring (bicyclic) bond motifs is 1. The molecule has 3 heteroatoms. The maximum atomic E-state index is 13.1. The molecular weight excluding hydrogens is 322 g/mol. The molecular formula is C23H19NO2. The molecule has 0 bridgehead atoms. The standard InChI is InChI=1S/C23H19NO2/c25-22(18-11-5-2-6-12-18)15-20-19-13-7-8-14-21(19)24(23(20)26)16-17-9-3-1-4-10-17/h1-14,20H,15-16H2. The van der Waals surface area contributed by atoms with E-state index in [9.17, 15) is 9.59 Å². The van der Waals surface area contributed by atoms with Crippen LogP contribution in [0.4, 0.5) is 5.69 Å². The quantitative estimate of drug-likeness (QED) is 0.637. The van der Waals surface area contributed by atoms with Crippen molar-refractivity contribution in [3.05, 3.63) is 102 Å². The molecule has 0 aliphatic carbocycles. The molecule has 26 heavy (non-hydrogen) atoms. The number of ketones is 1. The number of amides is 1. The number of Topliss-reactive ketones (excluding diaryl/α,β-unsaturated/α-hetero) is 1. The van der Waals surface area contributed by atoms with Crippen LogP contribution in [-0.2, 0) is 11.3 Å². The number of para-hydroxylation sites is 1. The Hall–Kier alpha value is -3.20. The van der Waals surface area contributed by atoms with Gasteiger partial charge < -0.3 is 4.90 Å². The van der Waals surface area contributed by atoms with Crippen molar-refractivity contribution in [2.75, 3.05) is 4.90 Å². The van der Waals surface area contributed by atoms with E-state index in [0.717, 1.165) is 16.8 Å². The van der Waals surface area contributed by atoms with Crippen LogP contribution < -0.4 is 4.90 Å². The van der Waals surface area contributed by atoms with Gasteiger partial charge in [-0.05, 0) is 17.2 Å². The zero-order valence-corrected chi connectivity index (χ0v) is 14.3. The predicted octanol–water partition coefficient (Wildman–Crippen LogP) is 4.59. The summed E-state index contributed by atoms with van der Waals surface area (Å²) in [5, 5.41) is 0. The van der Waals surface area contributed by atoms with Gasteiger partial charge >= 0.3 is 0 Å². The lowest BCUT2D eigenvalue weighted by Gasteiger charge is -2.18. The largest absolute Gasteiger partial charge is 0.307 e. The molecule has 0 N–H and O–H groups in total. The second-order valence-corrected chi connectivity index (χ2v) is 6.51. The third-order valence-corrected chi connectivity index (χ3v) is 4.84. The predicted molar refractivity (Wildman–Crippen MR) is 102 cm³/mol. The first-order chi connectivity index (χ1) is 12.7. The molecule has 4 rings (SSSR count). The van der Waals surface area contributed by atoms with Crippen LogP contribution in [0.3, 0.4) is 0 Å². The minimum Gasteiger partial charge on any atom is -0.307 e. The number of hydrogen-bond donors (Lipinski definition) is 0. The van der Waals surface area contributed by atoms with Crippen molar-refractivity contribution < 1.29 is 9.59 Å². The van der Waals surface area contributed by atoms with Crippen molar-refractivity contribution in [2.24, 2.45) is 0 Å². The molecule has 3 nitrogen and oxygen atoms in total. The van der Waals surface area contributed by atoms with Crippen LogP contribution in [0, 0.1) is 0 Å². The summed E-state index contributed by atoms with van der Waals surface area (Å²) in [5.41, 5.74) is 3.58. The molecule has 3 aromatic rings. The van der Waals surface area contributed by atoms with Crippen molar-refractivity contribution in [3.8, 4) is 0 Å². The van der Waals surface area contributed by atoms with Gasteiger partial charge in [-0.3, -0.25) is 9.59 Å². The van der Waals surface area contributed by atoms with E-state index in [0.29, 0.717) is 12.1 Å². The van der Waals surface area contributed by atoms with E-state index in [1.54, 1.807) is 17.0 Å². The number of carbonyl (C=O) groups is 2. The first-order valence-corrected chi connectivity index (χ1v) is 8.76. The van der Waals surface area contributed by atoms with Gasteiger partial charge in [0.15, 0.2) is 5.78 Å². The Balaban J connectivity index is 1.62. The third kappa shape index (κ3) is 3.04. The molecule has 0 fully saturated rings. The number of hydrogen-bond acceptors (Lipinski definition) is 2. The highest BCUT2D eigenvalue weighted by Gasteiger charge is 2.38. The van der Waals surface area contributed by atoms with Gasteiger partial charge in [-0.15, -0.1) is 0 Å². The Morgan fingerprint density at radius 1 is 0.808 bits per heavy atom. The van der Waals surface area contributed by atoms with Gasteiger partial charge in [0.05, 0.1) is 12.5 Å². The van der Waals surface area contributed by atoms with Gasteiger partial charge in [0, 0.05) is 17.7 Å². The third-order valence-electron chi connectivity index (χ3n) is 4.84. The van der Waals surface area contributed by atoms with Crippen LogP contribution in [0.2, 0.25) is 0 Å². The van der Waals surface area contributed by atoms with Crippen molar-refractivity contribution in [1.82, 2.24) is 0 Å². The molecule has 1 aliphatic heterocycles. The molecule has 1 aliphatic rings. The van der Waals surface area contributed by atoms with E-state index in [1.807, 2.05) is 72.8 Å². The molecule has 1 unspecified atom stereocenters. The Bertz CT molecular complexity index is 935. The average Bonchev–Trinajstić information content (AvgIpc) is 2.95. The zero-order valence-electron chi connectivity index (χ0n) is 14.3. The van der Waals surface area contributed by atoms with Crippen molar-refractivity contribution >= 4 is 17.4 Å². The number of carbonyl (C=O) groups excluding carboxylic acids is 2. The van der Waals surface area contributed by atoms with Gasteiger partial charge in [-0.25, -0.2) is 0 Å². The summed E-state index contributed by atoms with van der Waals surface area (Å²) < 4.78 is 0. The number of benzene rings is 3. The molecule has 0 saturated heterocycles. The van der Waals surface area contributed by atoms with E-state index in [-0.39, 0.29) is 18.1 Å². The van der Waals surface area contributed by atoms with E-state index in [2.05, 4.69) is 0 Å². The summed E-state index contributed by atoms with van der Waals surface area (Å²) in [4.78, 5) is 27.6. The normalized spacial score (nSPS) is 15.8. The lowest BCUT2D eigenvalue weighted by atomic mass is 9.93. The monoisotopic (exact) mass is 341 g/mol. The SMILES string of the molecule is O=C(CC1C(=O)N(Cc2ccccc2)c2ccccc21)c1ccccc1. The van der Waals surface area contributed by atoms with Gasteiger partial charge in [-0.1, -0.05) is 78.9 Å². The number of nitrogens with zero attached hydrogens (tertiary/aromatic N) is 1. The van der Waals surface area contributed by atoms with E-state index >= 15 is 0 Å². The summed E-state index contributed by atoms with van der Waals surface area (Å²) in [5.74, 6) is -0.415. The molecule has 1 amide bonds. The first-order valence-electron chi connectivity index (χ1n) is 8.76. The smallest absolute Gasteiger partial charge is 0.235 e. The lowest BCUT2D eigenvalue weighted by molar-refractivity contribution is -0.119. The molecule has 1 atom stereocenters. The highest BCUT2D eigenvalue weighted by molar-refractivity contribution is 6.08. The number of anilines is 1. The molecule has 0 saturated carbocycles. The van der Waals surface area contributed by atoms with Crippen LogP contribution in [0.5, 0.6) is 0 Å². The Morgan fingerprint density at radius 3 is 2.15 bits per heavy atom. The van der Waals surface area contributed by atoms with Crippen LogP contribution in [0.15, 0.2) is 84.9 Å². The lowest BCUT2D eigenvalue weighted by Crippen LogP contribution is -2.29. The van der Waals surface area contributed by atoms with Gasteiger partial charge in [-0.2, -0.15) is 0 Å². The van der Waals surface area contributed by atoms with Gasteiger partial charge in [0.1, 0.15) is 0 Å². The average molecular weight is 341 g/mol. The summed E-state index contributed by atoms with van der Waals surface area (Å²) in [6.07, 6.45) is 0.200. The van der Waals surface area contributed by atoms with Crippen LogP contribution in [-0.4, -0.2) is 11.7 Å². The van der Waals surface area contributed by atoms with Crippen LogP contribution in [0.1, 0.15) is 33.8 Å². The molecule has 3 aromatic carbocycles. The number of rotatable bonds is 5. The topological polar surface area (TPSA) is 37.4 Å². The molecule has 0 spiro atoms. The molecule has 128 valence electrons. The summed E-state index contributed by atoms with van der Waals surface area (Å²) >= 11 is 0. The second kappa shape index (κ2) is 6.96. The van der Waals surface area contributed by atoms with E-state index < -0.39 is 5.92 Å². The maximum Gasteiger partial charge on any atom is 0.235 e. The Labute approximate surface area is 152 Å². The fraction of sp³-hybridized carbons (Fsp3) is 0.130. The van der Waals surface area contributed by atoms with E-state index in [4.69, 9.17) is 0 Å². The maximum absolute atomic E-state index is 13.1. The van der Waals surface area contributed by atoms with Gasteiger partial charge in [0.2, 0.25) is 5.91 Å². The van der Waals surface area contributed by atoms with E-state index in [1.165, 1.54) is 0 Å². The molecule has 1 heterocycles.